The van der Waals surface area contributed by atoms with E-state index in [1.807, 2.05) is 20.1 Å². The lowest BCUT2D eigenvalue weighted by Gasteiger charge is -2.42. The standard InChI is InChI=1S/C15H20O2/c1-13(2)10-16-9-8-15(11-17-12-15)14-6-4-3-5-7-14/h3-7,10H,8-9,11-12H2,1-2H3. The third-order valence-corrected chi connectivity index (χ3v) is 3.16. The van der Waals surface area contributed by atoms with E-state index in [0.717, 1.165) is 26.2 Å². The molecule has 0 bridgehead atoms. The van der Waals surface area contributed by atoms with E-state index < -0.39 is 0 Å². The zero-order valence-electron chi connectivity index (χ0n) is 10.6. The summed E-state index contributed by atoms with van der Waals surface area (Å²) in [4.78, 5) is 0. The molecule has 1 fully saturated rings. The first kappa shape index (κ1) is 12.2. The lowest BCUT2D eigenvalue weighted by Crippen LogP contribution is -2.47. The molecular weight excluding hydrogens is 212 g/mol. The first-order chi connectivity index (χ1) is 8.23. The van der Waals surface area contributed by atoms with Crippen LogP contribution in [0.1, 0.15) is 25.8 Å². The average Bonchev–Trinajstić information content (AvgIpc) is 2.28. The summed E-state index contributed by atoms with van der Waals surface area (Å²) in [6.45, 7) is 6.46. The summed E-state index contributed by atoms with van der Waals surface area (Å²) < 4.78 is 10.9. The van der Waals surface area contributed by atoms with E-state index in [0.29, 0.717) is 0 Å². The van der Waals surface area contributed by atoms with Crippen LogP contribution in [0, 0.1) is 0 Å². The number of hydrogen-bond acceptors (Lipinski definition) is 2. The smallest absolute Gasteiger partial charge is 0.0883 e. The molecule has 17 heavy (non-hydrogen) atoms. The number of allylic oxidation sites excluding steroid dienone is 1. The van der Waals surface area contributed by atoms with Crippen molar-refractivity contribution in [2.24, 2.45) is 0 Å². The summed E-state index contributed by atoms with van der Waals surface area (Å²) in [5.74, 6) is 0. The van der Waals surface area contributed by atoms with Crippen LogP contribution in [-0.4, -0.2) is 19.8 Å². The molecule has 0 saturated carbocycles. The van der Waals surface area contributed by atoms with E-state index in [1.165, 1.54) is 11.1 Å². The Balaban J connectivity index is 1.94. The minimum atomic E-state index is 0.177. The Morgan fingerprint density at radius 3 is 2.53 bits per heavy atom. The normalized spacial score (nSPS) is 17.1. The summed E-state index contributed by atoms with van der Waals surface area (Å²) in [5, 5.41) is 0. The largest absolute Gasteiger partial charge is 0.501 e. The van der Waals surface area contributed by atoms with Gasteiger partial charge in [-0.05, 0) is 31.4 Å². The molecule has 92 valence electrons. The Bertz CT molecular complexity index is 373. The van der Waals surface area contributed by atoms with Crippen LogP contribution in [0.2, 0.25) is 0 Å². The van der Waals surface area contributed by atoms with Crippen molar-refractivity contribution in [3.63, 3.8) is 0 Å². The Morgan fingerprint density at radius 2 is 2.00 bits per heavy atom. The molecule has 0 spiro atoms. The highest BCUT2D eigenvalue weighted by atomic mass is 16.5. The molecule has 1 aromatic carbocycles. The van der Waals surface area contributed by atoms with Gasteiger partial charge in [0.25, 0.3) is 0 Å². The first-order valence-corrected chi connectivity index (χ1v) is 6.11. The van der Waals surface area contributed by atoms with Crippen LogP contribution in [-0.2, 0) is 14.9 Å². The Hall–Kier alpha value is -1.28. The lowest BCUT2D eigenvalue weighted by atomic mass is 9.76. The van der Waals surface area contributed by atoms with Crippen molar-refractivity contribution in [2.75, 3.05) is 19.8 Å². The Morgan fingerprint density at radius 1 is 1.29 bits per heavy atom. The second-order valence-corrected chi connectivity index (χ2v) is 4.96. The molecule has 1 aromatic rings. The van der Waals surface area contributed by atoms with E-state index in [4.69, 9.17) is 9.47 Å². The van der Waals surface area contributed by atoms with E-state index in [1.54, 1.807) is 0 Å². The summed E-state index contributed by atoms with van der Waals surface area (Å²) in [6, 6.07) is 10.6. The van der Waals surface area contributed by atoms with Crippen LogP contribution in [0.4, 0.5) is 0 Å². The van der Waals surface area contributed by atoms with Crippen LogP contribution in [0.5, 0.6) is 0 Å². The van der Waals surface area contributed by atoms with Crippen molar-refractivity contribution in [1.82, 2.24) is 0 Å². The second kappa shape index (κ2) is 5.37. The van der Waals surface area contributed by atoms with Gasteiger partial charge in [0.05, 0.1) is 26.1 Å². The molecule has 2 heteroatoms. The van der Waals surface area contributed by atoms with Gasteiger partial charge in [-0.2, -0.15) is 0 Å². The number of benzene rings is 1. The predicted molar refractivity (Wildman–Crippen MR) is 68.9 cm³/mol. The zero-order valence-corrected chi connectivity index (χ0v) is 10.6. The van der Waals surface area contributed by atoms with Crippen LogP contribution < -0.4 is 0 Å². The molecule has 0 N–H and O–H groups in total. The molecule has 0 radical (unpaired) electrons. The highest BCUT2D eigenvalue weighted by molar-refractivity contribution is 5.27. The molecule has 0 aliphatic carbocycles. The minimum Gasteiger partial charge on any atom is -0.501 e. The summed E-state index contributed by atoms with van der Waals surface area (Å²) in [5.41, 5.74) is 2.74. The third-order valence-electron chi connectivity index (χ3n) is 3.16. The van der Waals surface area contributed by atoms with Crippen molar-refractivity contribution in [3.05, 3.63) is 47.7 Å². The maximum Gasteiger partial charge on any atom is 0.0883 e. The summed E-state index contributed by atoms with van der Waals surface area (Å²) >= 11 is 0. The minimum absolute atomic E-state index is 0.177. The van der Waals surface area contributed by atoms with Gasteiger partial charge in [-0.25, -0.2) is 0 Å². The Labute approximate surface area is 103 Å². The van der Waals surface area contributed by atoms with Gasteiger partial charge in [0.2, 0.25) is 0 Å². The number of hydrogen-bond donors (Lipinski definition) is 0. The predicted octanol–water partition coefficient (Wildman–Crippen LogP) is 3.29. The maximum atomic E-state index is 5.53. The fourth-order valence-corrected chi connectivity index (χ4v) is 2.08. The molecule has 1 aliphatic rings. The Kier molecular flexibility index (Phi) is 3.85. The molecule has 2 rings (SSSR count). The fraction of sp³-hybridized carbons (Fsp3) is 0.467. The quantitative estimate of drug-likeness (QED) is 0.573. The third kappa shape index (κ3) is 2.89. The maximum absolute atomic E-state index is 5.53. The molecule has 0 unspecified atom stereocenters. The molecule has 0 amide bonds. The van der Waals surface area contributed by atoms with Crippen molar-refractivity contribution < 1.29 is 9.47 Å². The SMILES string of the molecule is CC(C)=COCCC1(c2ccccc2)COC1. The van der Waals surface area contributed by atoms with Gasteiger partial charge in [-0.3, -0.25) is 0 Å². The van der Waals surface area contributed by atoms with Crippen LogP contribution in [0.15, 0.2) is 42.2 Å². The van der Waals surface area contributed by atoms with Gasteiger partial charge in [-0.15, -0.1) is 0 Å². The molecule has 1 saturated heterocycles. The van der Waals surface area contributed by atoms with Crippen molar-refractivity contribution in [2.45, 2.75) is 25.7 Å². The van der Waals surface area contributed by atoms with Crippen molar-refractivity contribution in [1.29, 1.82) is 0 Å². The lowest BCUT2D eigenvalue weighted by molar-refractivity contribution is -0.0707. The van der Waals surface area contributed by atoms with E-state index in [-0.39, 0.29) is 5.41 Å². The van der Waals surface area contributed by atoms with Crippen molar-refractivity contribution >= 4 is 0 Å². The topological polar surface area (TPSA) is 18.5 Å². The van der Waals surface area contributed by atoms with Gasteiger partial charge in [0, 0.05) is 5.41 Å². The second-order valence-electron chi connectivity index (χ2n) is 4.96. The summed E-state index contributed by atoms with van der Waals surface area (Å²) in [6.07, 6.45) is 2.85. The monoisotopic (exact) mass is 232 g/mol. The molecule has 1 heterocycles. The average molecular weight is 232 g/mol. The van der Waals surface area contributed by atoms with Crippen molar-refractivity contribution in [3.8, 4) is 0 Å². The van der Waals surface area contributed by atoms with Gasteiger partial charge in [-0.1, -0.05) is 30.3 Å². The first-order valence-electron chi connectivity index (χ1n) is 6.11. The number of ether oxygens (including phenoxy) is 2. The van der Waals surface area contributed by atoms with Crippen LogP contribution >= 0.6 is 0 Å². The molecule has 0 aromatic heterocycles. The number of rotatable bonds is 5. The van der Waals surface area contributed by atoms with Crippen LogP contribution in [0.25, 0.3) is 0 Å². The highest BCUT2D eigenvalue weighted by Crippen LogP contribution is 2.35. The van der Waals surface area contributed by atoms with Gasteiger partial charge >= 0.3 is 0 Å². The highest BCUT2D eigenvalue weighted by Gasteiger charge is 2.39. The van der Waals surface area contributed by atoms with Gasteiger partial charge in [0.15, 0.2) is 0 Å². The fourth-order valence-electron chi connectivity index (χ4n) is 2.08. The van der Waals surface area contributed by atoms with E-state index >= 15 is 0 Å². The molecule has 1 aliphatic heterocycles. The van der Waals surface area contributed by atoms with E-state index in [9.17, 15) is 0 Å². The zero-order chi connectivity index (χ0) is 12.1. The van der Waals surface area contributed by atoms with Crippen LogP contribution in [0.3, 0.4) is 0 Å². The molecule has 0 atom stereocenters. The molecule has 2 nitrogen and oxygen atoms in total. The molecular formula is C15H20O2. The van der Waals surface area contributed by atoms with E-state index in [2.05, 4.69) is 30.3 Å². The van der Waals surface area contributed by atoms with Gasteiger partial charge < -0.3 is 9.47 Å². The van der Waals surface area contributed by atoms with Gasteiger partial charge in [0.1, 0.15) is 0 Å². The summed E-state index contributed by atoms with van der Waals surface area (Å²) in [7, 11) is 0.